The molecule has 9 heteroatoms. The van der Waals surface area contributed by atoms with Crippen LogP contribution in [-0.4, -0.2) is 73.7 Å². The SMILES string of the molecule is C=C1/C(=C\C=C2/CCC[C@]3(C)[C@@H]([C@H](C)CN4CCC(O[Si](C)(C)C)(C(F)F)CC4)CC[C@@H]23)CC(O[Si](C)(C)C(C)(C)C)[C@H](C)C1O[Si](C)(C)C(C)(C)C. The zero-order valence-corrected chi connectivity index (χ0v) is 40.1. The van der Waals surface area contributed by atoms with Gasteiger partial charge in [0.1, 0.15) is 5.60 Å². The summed E-state index contributed by atoms with van der Waals surface area (Å²) in [7, 11) is -6.15. The summed E-state index contributed by atoms with van der Waals surface area (Å²) in [6.45, 7) is 44.0. The lowest BCUT2D eigenvalue weighted by molar-refractivity contribution is -0.115. The van der Waals surface area contributed by atoms with Gasteiger partial charge in [-0.2, -0.15) is 0 Å². The third-order valence-corrected chi connectivity index (χ3v) is 25.1. The number of likely N-dealkylation sites (tertiary alicyclic amines) is 1. The summed E-state index contributed by atoms with van der Waals surface area (Å²) >= 11 is 0. The van der Waals surface area contributed by atoms with Gasteiger partial charge >= 0.3 is 0 Å². The first-order valence-corrected chi connectivity index (χ1v) is 30.4. The van der Waals surface area contributed by atoms with Crippen LogP contribution < -0.4 is 0 Å². The smallest absolute Gasteiger partial charge is 0.266 e. The summed E-state index contributed by atoms with van der Waals surface area (Å²) in [5.74, 6) is 2.00. The molecule has 4 nitrogen and oxygen atoms in total. The molecule has 53 heavy (non-hydrogen) atoms. The van der Waals surface area contributed by atoms with Crippen molar-refractivity contribution in [1.82, 2.24) is 4.90 Å². The molecule has 0 amide bonds. The van der Waals surface area contributed by atoms with Crippen molar-refractivity contribution in [3.63, 3.8) is 0 Å². The van der Waals surface area contributed by atoms with Crippen molar-refractivity contribution in [1.29, 1.82) is 0 Å². The normalized spacial score (nSPS) is 33.2. The van der Waals surface area contributed by atoms with Gasteiger partial charge in [-0.25, -0.2) is 8.78 Å². The predicted molar refractivity (Wildman–Crippen MR) is 229 cm³/mol. The monoisotopic (exact) mass is 794 g/mol. The zero-order valence-electron chi connectivity index (χ0n) is 37.1. The lowest BCUT2D eigenvalue weighted by Crippen LogP contribution is -2.55. The fraction of sp³-hybridized carbons (Fsp3) is 0.864. The van der Waals surface area contributed by atoms with Crippen LogP contribution in [0.2, 0.25) is 55.9 Å². The summed E-state index contributed by atoms with van der Waals surface area (Å²) in [4.78, 5) is 2.46. The van der Waals surface area contributed by atoms with E-state index in [4.69, 9.17) is 19.9 Å². The number of piperidine rings is 1. The van der Waals surface area contributed by atoms with Gasteiger partial charge in [0.15, 0.2) is 25.0 Å². The van der Waals surface area contributed by atoms with Crippen molar-refractivity contribution in [2.45, 2.75) is 194 Å². The highest BCUT2D eigenvalue weighted by Crippen LogP contribution is 2.59. The maximum atomic E-state index is 14.3. The maximum absolute atomic E-state index is 14.3. The minimum Gasteiger partial charge on any atom is -0.413 e. The van der Waals surface area contributed by atoms with Crippen molar-refractivity contribution < 1.29 is 22.1 Å². The lowest BCUT2D eigenvalue weighted by atomic mass is 9.61. The molecule has 4 fully saturated rings. The van der Waals surface area contributed by atoms with Gasteiger partial charge in [-0.15, -0.1) is 0 Å². The summed E-state index contributed by atoms with van der Waals surface area (Å²) in [5, 5.41) is 0.249. The Balaban J connectivity index is 1.53. The largest absolute Gasteiger partial charge is 0.413 e. The Kier molecular flexibility index (Phi) is 13.7. The number of hydrogen-bond acceptors (Lipinski definition) is 4. The molecule has 4 rings (SSSR count). The van der Waals surface area contributed by atoms with Gasteiger partial charge in [0.25, 0.3) is 6.43 Å². The fourth-order valence-corrected chi connectivity index (χ4v) is 14.1. The molecule has 0 radical (unpaired) electrons. The van der Waals surface area contributed by atoms with Gasteiger partial charge in [0.2, 0.25) is 0 Å². The van der Waals surface area contributed by atoms with Gasteiger partial charge in [-0.1, -0.05) is 86.6 Å². The number of allylic oxidation sites excluding steroid dienone is 3. The second-order valence-electron chi connectivity index (χ2n) is 22.2. The molecular formula is C44H81F2NO3Si3. The second kappa shape index (κ2) is 16.1. The summed E-state index contributed by atoms with van der Waals surface area (Å²) in [5.41, 5.74) is 3.08. The van der Waals surface area contributed by atoms with E-state index in [-0.39, 0.29) is 33.6 Å². The number of alkyl halides is 2. The van der Waals surface area contributed by atoms with E-state index in [2.05, 4.69) is 106 Å². The van der Waals surface area contributed by atoms with E-state index in [1.165, 1.54) is 37.7 Å². The molecule has 1 saturated heterocycles. The average Bonchev–Trinajstić information content (AvgIpc) is 3.36. The third-order valence-electron chi connectivity index (χ3n) is 15.1. The van der Waals surface area contributed by atoms with Gasteiger partial charge in [0.05, 0.1) is 12.2 Å². The number of nitrogens with zero attached hydrogens (tertiary/aromatic N) is 1. The Bertz CT molecular complexity index is 1350. The quantitative estimate of drug-likeness (QED) is 0.195. The van der Waals surface area contributed by atoms with Crippen molar-refractivity contribution in [2.24, 2.45) is 29.1 Å². The number of halogens is 2. The van der Waals surface area contributed by atoms with Crippen LogP contribution in [-0.2, 0) is 13.3 Å². The molecule has 0 aromatic heterocycles. The molecule has 306 valence electrons. The van der Waals surface area contributed by atoms with E-state index in [9.17, 15) is 8.78 Å². The van der Waals surface area contributed by atoms with Crippen molar-refractivity contribution in [3.8, 4) is 0 Å². The Labute approximate surface area is 328 Å². The molecule has 2 unspecified atom stereocenters. The summed E-state index contributed by atoms with van der Waals surface area (Å²) in [6.07, 6.45) is 10.5. The Morgan fingerprint density at radius 3 is 1.98 bits per heavy atom. The number of rotatable bonds is 11. The average molecular weight is 794 g/mol. The second-order valence-corrected chi connectivity index (χ2v) is 36.1. The summed E-state index contributed by atoms with van der Waals surface area (Å²) < 4.78 is 49.3. The van der Waals surface area contributed by atoms with Gasteiger partial charge in [-0.3, -0.25) is 0 Å². The molecule has 0 bridgehead atoms. The van der Waals surface area contributed by atoms with Crippen LogP contribution in [0.15, 0.2) is 35.5 Å². The van der Waals surface area contributed by atoms with Crippen molar-refractivity contribution in [2.75, 3.05) is 19.6 Å². The third kappa shape index (κ3) is 10.0. The minimum atomic E-state index is -2.42. The van der Waals surface area contributed by atoms with Crippen LogP contribution in [0, 0.1) is 29.1 Å². The van der Waals surface area contributed by atoms with E-state index in [1.807, 2.05) is 19.6 Å². The van der Waals surface area contributed by atoms with E-state index in [0.717, 1.165) is 18.5 Å². The van der Waals surface area contributed by atoms with Gasteiger partial charge in [0, 0.05) is 25.6 Å². The van der Waals surface area contributed by atoms with E-state index >= 15 is 0 Å². The molecule has 0 N–H and O–H groups in total. The van der Waals surface area contributed by atoms with Gasteiger partial charge < -0.3 is 18.2 Å². The van der Waals surface area contributed by atoms with Crippen LogP contribution in [0.5, 0.6) is 0 Å². The molecule has 3 saturated carbocycles. The molecule has 3 aliphatic carbocycles. The molecule has 0 aromatic rings. The van der Waals surface area contributed by atoms with Crippen LogP contribution in [0.3, 0.4) is 0 Å². The predicted octanol–water partition coefficient (Wildman–Crippen LogP) is 13.0. The van der Waals surface area contributed by atoms with Crippen molar-refractivity contribution in [3.05, 3.63) is 35.5 Å². The first-order chi connectivity index (χ1) is 24.0. The van der Waals surface area contributed by atoms with Crippen LogP contribution in [0.25, 0.3) is 0 Å². The highest BCUT2D eigenvalue weighted by molar-refractivity contribution is 6.74. The number of fused-ring (bicyclic) bond motifs is 1. The molecule has 0 spiro atoms. The summed E-state index contributed by atoms with van der Waals surface area (Å²) in [6, 6.07) is 0. The highest BCUT2D eigenvalue weighted by atomic mass is 28.4. The minimum absolute atomic E-state index is 0.0415. The Hall–Kier alpha value is -0.429. The molecule has 0 aromatic carbocycles. The molecule has 7 atom stereocenters. The molecule has 1 heterocycles. The number of hydrogen-bond donors (Lipinski definition) is 0. The first kappa shape index (κ1) is 45.3. The highest BCUT2D eigenvalue weighted by Gasteiger charge is 2.52. The van der Waals surface area contributed by atoms with Crippen molar-refractivity contribution >= 4 is 25.0 Å². The van der Waals surface area contributed by atoms with Gasteiger partial charge in [-0.05, 0) is 142 Å². The standard InChI is InChI=1S/C44H81F2NO3Si3/c1-31(30-47-27-25-44(26-28-47,40(45)46)50-51(11,12)13)36-22-23-37-34(19-18-24-43(36,37)10)20-21-35-29-38(48-52(14,15)41(4,5)6)33(3)39(32(35)2)49-53(16,17)42(7,8)9/h20-21,31,33,36-40H,2,18-19,22-30H2,1,3-17H3/b34-20+,35-21-/t31-,33+,36-,37+,38?,39?,43-/m1/s1. The first-order valence-electron chi connectivity index (χ1n) is 21.2. The maximum Gasteiger partial charge on any atom is 0.266 e. The van der Waals surface area contributed by atoms with Crippen LogP contribution in [0.4, 0.5) is 8.78 Å². The van der Waals surface area contributed by atoms with Crippen LogP contribution >= 0.6 is 0 Å². The zero-order chi connectivity index (χ0) is 40.2. The molecule has 1 aliphatic heterocycles. The van der Waals surface area contributed by atoms with E-state index < -0.39 is 37.0 Å². The lowest BCUT2D eigenvalue weighted by Gasteiger charge is -2.48. The Morgan fingerprint density at radius 1 is 0.887 bits per heavy atom. The van der Waals surface area contributed by atoms with E-state index in [0.29, 0.717) is 43.7 Å². The topological polar surface area (TPSA) is 30.9 Å². The fourth-order valence-electron chi connectivity index (χ4n) is 9.83. The van der Waals surface area contributed by atoms with E-state index in [1.54, 1.807) is 5.57 Å². The molecule has 4 aliphatic rings. The molecular weight excluding hydrogens is 713 g/mol. The van der Waals surface area contributed by atoms with Crippen LogP contribution in [0.1, 0.15) is 114 Å². The Morgan fingerprint density at radius 2 is 1.45 bits per heavy atom.